The number of hydrogen-bond donors (Lipinski definition) is 1. The molecule has 1 aliphatic heterocycles. The van der Waals surface area contributed by atoms with Crippen molar-refractivity contribution in [3.63, 3.8) is 0 Å². The highest BCUT2D eigenvalue weighted by atomic mass is 32.1. The van der Waals surface area contributed by atoms with Crippen molar-refractivity contribution in [3.8, 4) is 0 Å². The Morgan fingerprint density at radius 3 is 2.44 bits per heavy atom. The van der Waals surface area contributed by atoms with Gasteiger partial charge in [-0.05, 0) is 25.1 Å². The Kier molecular flexibility index (Phi) is 2.24. The minimum absolute atomic E-state index is 0.122. The summed E-state index contributed by atoms with van der Waals surface area (Å²) >= 11 is 4.55. The second kappa shape index (κ2) is 2.98. The quantitative estimate of drug-likeness (QED) is 0.538. The van der Waals surface area contributed by atoms with Crippen molar-refractivity contribution in [1.29, 1.82) is 0 Å². The SMILES string of the molecule is NC(=S)ON1CCCC1. The summed E-state index contributed by atoms with van der Waals surface area (Å²) in [7, 11) is 0. The van der Waals surface area contributed by atoms with Gasteiger partial charge in [-0.1, -0.05) is 0 Å². The summed E-state index contributed by atoms with van der Waals surface area (Å²) < 4.78 is 0. The van der Waals surface area contributed by atoms with E-state index in [1.54, 1.807) is 5.06 Å². The van der Waals surface area contributed by atoms with E-state index in [9.17, 15) is 0 Å². The molecule has 0 aromatic heterocycles. The molecule has 1 heterocycles. The molecule has 0 unspecified atom stereocenters. The maximum Gasteiger partial charge on any atom is 0.276 e. The zero-order chi connectivity index (χ0) is 6.69. The van der Waals surface area contributed by atoms with Crippen molar-refractivity contribution >= 4 is 17.4 Å². The van der Waals surface area contributed by atoms with Crippen LogP contribution >= 0.6 is 12.2 Å². The third kappa shape index (κ3) is 2.15. The molecule has 0 radical (unpaired) electrons. The first kappa shape index (κ1) is 6.77. The minimum Gasteiger partial charge on any atom is -0.376 e. The van der Waals surface area contributed by atoms with Crippen LogP contribution in [0.25, 0.3) is 0 Å². The maximum atomic E-state index is 5.14. The molecular weight excluding hydrogens is 136 g/mol. The average Bonchev–Trinajstić information content (AvgIpc) is 2.15. The van der Waals surface area contributed by atoms with Crippen LogP contribution in [0.15, 0.2) is 0 Å². The predicted octanol–water partition coefficient (Wildman–Crippen LogP) is 0.257. The molecule has 1 fully saturated rings. The molecule has 0 bridgehead atoms. The molecule has 0 spiro atoms. The van der Waals surface area contributed by atoms with E-state index >= 15 is 0 Å². The van der Waals surface area contributed by atoms with Crippen LogP contribution in [0.3, 0.4) is 0 Å². The van der Waals surface area contributed by atoms with E-state index in [-0.39, 0.29) is 5.17 Å². The van der Waals surface area contributed by atoms with Crippen LogP contribution in [0.2, 0.25) is 0 Å². The van der Waals surface area contributed by atoms with Crippen molar-refractivity contribution in [1.82, 2.24) is 5.06 Å². The topological polar surface area (TPSA) is 38.5 Å². The number of nitrogens with two attached hydrogens (primary N) is 1. The van der Waals surface area contributed by atoms with Gasteiger partial charge in [-0.2, -0.15) is 0 Å². The van der Waals surface area contributed by atoms with E-state index in [0.717, 1.165) is 13.1 Å². The second-order valence-electron chi connectivity index (χ2n) is 2.05. The Bertz CT molecular complexity index is 112. The lowest BCUT2D eigenvalue weighted by molar-refractivity contribution is -0.0477. The second-order valence-corrected chi connectivity index (χ2v) is 2.45. The van der Waals surface area contributed by atoms with Crippen LogP contribution in [0.5, 0.6) is 0 Å². The van der Waals surface area contributed by atoms with Crippen molar-refractivity contribution < 1.29 is 4.84 Å². The normalized spacial score (nSPS) is 20.0. The van der Waals surface area contributed by atoms with Gasteiger partial charge < -0.3 is 10.6 Å². The van der Waals surface area contributed by atoms with Crippen LogP contribution in [-0.4, -0.2) is 23.3 Å². The van der Waals surface area contributed by atoms with E-state index in [0.29, 0.717) is 0 Å². The molecule has 0 saturated carbocycles. The Balaban J connectivity index is 2.19. The van der Waals surface area contributed by atoms with Crippen LogP contribution in [0.1, 0.15) is 12.8 Å². The molecular formula is C5H10N2OS. The lowest BCUT2D eigenvalue weighted by Crippen LogP contribution is -2.27. The molecule has 0 aromatic rings. The van der Waals surface area contributed by atoms with Gasteiger partial charge in [0.2, 0.25) is 0 Å². The van der Waals surface area contributed by atoms with Gasteiger partial charge in [0, 0.05) is 13.1 Å². The van der Waals surface area contributed by atoms with Crippen LogP contribution < -0.4 is 5.73 Å². The summed E-state index contributed by atoms with van der Waals surface area (Å²) in [6.45, 7) is 1.91. The van der Waals surface area contributed by atoms with Crippen LogP contribution in [-0.2, 0) is 4.84 Å². The molecule has 0 atom stereocenters. The lowest BCUT2D eigenvalue weighted by atomic mass is 10.4. The molecule has 2 N–H and O–H groups in total. The van der Waals surface area contributed by atoms with Gasteiger partial charge in [0.05, 0.1) is 0 Å². The molecule has 1 saturated heterocycles. The van der Waals surface area contributed by atoms with E-state index in [1.165, 1.54) is 12.8 Å². The number of hydroxylamine groups is 2. The van der Waals surface area contributed by atoms with Crippen LogP contribution in [0.4, 0.5) is 0 Å². The monoisotopic (exact) mass is 146 g/mol. The third-order valence-corrected chi connectivity index (χ3v) is 1.36. The Labute approximate surface area is 59.7 Å². The summed E-state index contributed by atoms with van der Waals surface area (Å²) in [5.41, 5.74) is 5.14. The first-order chi connectivity index (χ1) is 4.29. The fourth-order valence-electron chi connectivity index (χ4n) is 0.907. The van der Waals surface area contributed by atoms with Gasteiger partial charge in [0.25, 0.3) is 5.17 Å². The molecule has 9 heavy (non-hydrogen) atoms. The van der Waals surface area contributed by atoms with E-state index in [2.05, 4.69) is 12.2 Å². The number of thiocarbonyl (C=S) groups is 1. The lowest BCUT2D eigenvalue weighted by Gasteiger charge is -2.12. The van der Waals surface area contributed by atoms with Gasteiger partial charge in [0.15, 0.2) is 0 Å². The number of rotatable bonds is 1. The fourth-order valence-corrected chi connectivity index (χ4v) is 1.01. The highest BCUT2D eigenvalue weighted by molar-refractivity contribution is 7.79. The van der Waals surface area contributed by atoms with Gasteiger partial charge in [0.1, 0.15) is 0 Å². The molecule has 1 aliphatic rings. The van der Waals surface area contributed by atoms with Crippen molar-refractivity contribution in [2.75, 3.05) is 13.1 Å². The molecule has 3 nitrogen and oxygen atoms in total. The summed E-state index contributed by atoms with van der Waals surface area (Å²) in [6, 6.07) is 0. The Morgan fingerprint density at radius 2 is 2.00 bits per heavy atom. The standard InChI is InChI=1S/C5H10N2OS/c6-5(9)8-7-3-1-2-4-7/h1-4H2,(H2,6,9). The molecule has 0 amide bonds. The summed E-state index contributed by atoms with van der Waals surface area (Å²) in [5, 5.41) is 1.92. The van der Waals surface area contributed by atoms with Crippen LogP contribution in [0, 0.1) is 0 Å². The molecule has 52 valence electrons. The summed E-state index contributed by atoms with van der Waals surface area (Å²) in [6.07, 6.45) is 2.37. The van der Waals surface area contributed by atoms with Crippen molar-refractivity contribution in [2.45, 2.75) is 12.8 Å². The van der Waals surface area contributed by atoms with Crippen molar-refractivity contribution in [2.24, 2.45) is 5.73 Å². The van der Waals surface area contributed by atoms with E-state index in [1.807, 2.05) is 0 Å². The van der Waals surface area contributed by atoms with Gasteiger partial charge in [-0.25, -0.2) is 0 Å². The van der Waals surface area contributed by atoms with Gasteiger partial charge in [-0.15, -0.1) is 5.06 Å². The molecule has 1 rings (SSSR count). The zero-order valence-corrected chi connectivity index (χ0v) is 5.99. The average molecular weight is 146 g/mol. The first-order valence-corrected chi connectivity index (χ1v) is 3.42. The Hall–Kier alpha value is -0.350. The first-order valence-electron chi connectivity index (χ1n) is 3.01. The highest BCUT2D eigenvalue weighted by Crippen LogP contribution is 2.06. The number of nitrogens with zero attached hydrogens (tertiary/aromatic N) is 1. The zero-order valence-electron chi connectivity index (χ0n) is 5.17. The molecule has 0 aliphatic carbocycles. The summed E-state index contributed by atoms with van der Waals surface area (Å²) in [4.78, 5) is 4.95. The fraction of sp³-hybridized carbons (Fsp3) is 0.800. The molecule has 4 heteroatoms. The van der Waals surface area contributed by atoms with E-state index in [4.69, 9.17) is 10.6 Å². The smallest absolute Gasteiger partial charge is 0.276 e. The Morgan fingerprint density at radius 1 is 1.44 bits per heavy atom. The van der Waals surface area contributed by atoms with Gasteiger partial charge in [-0.3, -0.25) is 0 Å². The largest absolute Gasteiger partial charge is 0.376 e. The minimum atomic E-state index is 0.122. The summed E-state index contributed by atoms with van der Waals surface area (Å²) in [5.74, 6) is 0. The predicted molar refractivity (Wildman–Crippen MR) is 38.7 cm³/mol. The highest BCUT2D eigenvalue weighted by Gasteiger charge is 2.12. The number of hydrogen-bond acceptors (Lipinski definition) is 3. The maximum absolute atomic E-state index is 5.14. The molecule has 0 aromatic carbocycles. The van der Waals surface area contributed by atoms with E-state index < -0.39 is 0 Å². The van der Waals surface area contributed by atoms with Gasteiger partial charge >= 0.3 is 0 Å². The van der Waals surface area contributed by atoms with Crippen molar-refractivity contribution in [3.05, 3.63) is 0 Å². The third-order valence-electron chi connectivity index (χ3n) is 1.28.